The van der Waals surface area contributed by atoms with Crippen molar-refractivity contribution in [1.82, 2.24) is 0 Å². The van der Waals surface area contributed by atoms with E-state index >= 15 is 0 Å². The fourth-order valence-electron chi connectivity index (χ4n) is 2.05. The monoisotopic (exact) mass is 250 g/mol. The quantitative estimate of drug-likeness (QED) is 0.753. The highest BCUT2D eigenvalue weighted by molar-refractivity contribution is 5.34. The van der Waals surface area contributed by atoms with Gasteiger partial charge in [-0.1, -0.05) is 60.7 Å². The number of rotatable bonds is 4. The maximum Gasteiger partial charge on any atom is 0.286 e. The zero-order valence-electron chi connectivity index (χ0n) is 9.69. The van der Waals surface area contributed by atoms with Gasteiger partial charge < -0.3 is 0 Å². The van der Waals surface area contributed by atoms with E-state index in [0.717, 1.165) is 0 Å². The predicted molar refractivity (Wildman–Crippen MR) is 65.6 cm³/mol. The topological polar surface area (TPSA) is 0 Å². The molecule has 0 amide bonds. The molecule has 0 heterocycles. The van der Waals surface area contributed by atoms with Gasteiger partial charge >= 0.3 is 0 Å². The van der Waals surface area contributed by atoms with Crippen molar-refractivity contribution in [3.63, 3.8) is 0 Å². The fourth-order valence-corrected chi connectivity index (χ4v) is 2.05. The summed E-state index contributed by atoms with van der Waals surface area (Å²) in [7, 11) is 0. The fraction of sp³-hybridized carbons (Fsp3) is 0.200. The molecule has 2 aromatic carbocycles. The molecule has 0 radical (unpaired) electrons. The Labute approximate surface area is 104 Å². The van der Waals surface area contributed by atoms with Crippen molar-refractivity contribution in [3.8, 4) is 0 Å². The van der Waals surface area contributed by atoms with Gasteiger partial charge in [0.1, 0.15) is 0 Å². The molecule has 0 unspecified atom stereocenters. The molecule has 2 aromatic rings. The second-order valence-corrected chi connectivity index (χ2v) is 4.15. The van der Waals surface area contributed by atoms with Crippen LogP contribution in [0.5, 0.6) is 0 Å². The van der Waals surface area contributed by atoms with Crippen LogP contribution in [-0.4, -0.2) is 12.6 Å². The molecule has 0 N–H and O–H groups in total. The highest BCUT2D eigenvalue weighted by Crippen LogP contribution is 2.39. The summed E-state index contributed by atoms with van der Waals surface area (Å²) in [4.78, 5) is 0. The smallest absolute Gasteiger partial charge is 0.244 e. The average molecular weight is 250 g/mol. The lowest BCUT2D eigenvalue weighted by atomic mass is 9.86. The minimum atomic E-state index is -3.40. The molecule has 0 fully saturated rings. The minimum Gasteiger partial charge on any atom is -0.244 e. The maximum absolute atomic E-state index is 13.8. The summed E-state index contributed by atoms with van der Waals surface area (Å²) in [5.74, 6) is -4.65. The van der Waals surface area contributed by atoms with Crippen molar-refractivity contribution in [2.75, 3.05) is 6.67 Å². The lowest BCUT2D eigenvalue weighted by molar-refractivity contribution is -0.0374. The molecule has 0 aromatic heterocycles. The van der Waals surface area contributed by atoms with Gasteiger partial charge in [-0.2, -0.15) is 0 Å². The second kappa shape index (κ2) is 5.25. The number of hydrogen-bond donors (Lipinski definition) is 0. The van der Waals surface area contributed by atoms with E-state index in [9.17, 15) is 13.2 Å². The van der Waals surface area contributed by atoms with E-state index in [1.54, 1.807) is 60.7 Å². The molecular formula is C15H13F3. The van der Waals surface area contributed by atoms with Crippen molar-refractivity contribution in [3.05, 3.63) is 71.8 Å². The Morgan fingerprint density at radius 1 is 0.778 bits per heavy atom. The van der Waals surface area contributed by atoms with Crippen molar-refractivity contribution in [2.24, 2.45) is 0 Å². The first kappa shape index (κ1) is 12.7. The van der Waals surface area contributed by atoms with Crippen LogP contribution in [0.15, 0.2) is 60.7 Å². The van der Waals surface area contributed by atoms with Crippen LogP contribution >= 0.6 is 0 Å². The van der Waals surface area contributed by atoms with E-state index in [0.29, 0.717) is 11.1 Å². The molecule has 0 bridgehead atoms. The Morgan fingerprint density at radius 2 is 1.17 bits per heavy atom. The third-order valence-electron chi connectivity index (χ3n) is 2.87. The average Bonchev–Trinajstić information content (AvgIpc) is 2.41. The number of alkyl halides is 3. The van der Waals surface area contributed by atoms with E-state index in [2.05, 4.69) is 0 Å². The first-order chi connectivity index (χ1) is 8.65. The van der Waals surface area contributed by atoms with Crippen LogP contribution in [0.4, 0.5) is 13.2 Å². The molecule has 2 rings (SSSR count). The van der Waals surface area contributed by atoms with E-state index in [1.807, 2.05) is 0 Å². The first-order valence-corrected chi connectivity index (χ1v) is 5.69. The number of benzene rings is 2. The third kappa shape index (κ3) is 2.55. The molecule has 0 nitrogen and oxygen atoms in total. The standard InChI is InChI=1S/C15H13F3/c16-11-15(17,18)14(12-7-3-1-4-8-12)13-9-5-2-6-10-13/h1-10,14H,11H2. The molecular weight excluding hydrogens is 237 g/mol. The first-order valence-electron chi connectivity index (χ1n) is 5.69. The summed E-state index contributed by atoms with van der Waals surface area (Å²) in [5.41, 5.74) is 0.845. The Balaban J connectivity index is 2.49. The van der Waals surface area contributed by atoms with Crippen LogP contribution < -0.4 is 0 Å². The Bertz CT molecular complexity index is 440. The third-order valence-corrected chi connectivity index (χ3v) is 2.87. The largest absolute Gasteiger partial charge is 0.286 e. The minimum absolute atomic E-state index is 0.423. The number of hydrogen-bond acceptors (Lipinski definition) is 0. The molecule has 18 heavy (non-hydrogen) atoms. The Morgan fingerprint density at radius 3 is 1.50 bits per heavy atom. The van der Waals surface area contributed by atoms with E-state index in [1.165, 1.54) is 0 Å². The van der Waals surface area contributed by atoms with E-state index in [4.69, 9.17) is 0 Å². The van der Waals surface area contributed by atoms with Gasteiger partial charge in [0.2, 0.25) is 0 Å². The molecule has 0 aliphatic rings. The van der Waals surface area contributed by atoms with Gasteiger partial charge in [0, 0.05) is 0 Å². The highest BCUT2D eigenvalue weighted by atomic mass is 19.3. The molecule has 0 aliphatic carbocycles. The van der Waals surface area contributed by atoms with Crippen molar-refractivity contribution < 1.29 is 13.2 Å². The van der Waals surface area contributed by atoms with Gasteiger partial charge in [0.15, 0.2) is 6.67 Å². The van der Waals surface area contributed by atoms with Gasteiger partial charge in [0.25, 0.3) is 5.92 Å². The van der Waals surface area contributed by atoms with E-state index in [-0.39, 0.29) is 0 Å². The van der Waals surface area contributed by atoms with Crippen molar-refractivity contribution in [1.29, 1.82) is 0 Å². The molecule has 0 saturated carbocycles. The molecule has 94 valence electrons. The number of halogens is 3. The summed E-state index contributed by atoms with van der Waals surface area (Å²) in [5, 5.41) is 0. The van der Waals surface area contributed by atoms with Gasteiger partial charge in [-0.05, 0) is 11.1 Å². The predicted octanol–water partition coefficient (Wildman–Crippen LogP) is 4.42. The highest BCUT2D eigenvalue weighted by Gasteiger charge is 2.41. The van der Waals surface area contributed by atoms with Crippen LogP contribution in [0.1, 0.15) is 17.0 Å². The molecule has 0 spiro atoms. The summed E-state index contributed by atoms with van der Waals surface area (Å²) < 4.78 is 40.3. The lowest BCUT2D eigenvalue weighted by Crippen LogP contribution is -2.29. The van der Waals surface area contributed by atoms with Crippen LogP contribution in [0, 0.1) is 0 Å². The summed E-state index contributed by atoms with van der Waals surface area (Å²) in [6.45, 7) is -1.67. The zero-order chi connectivity index (χ0) is 13.0. The molecule has 0 aliphatic heterocycles. The second-order valence-electron chi connectivity index (χ2n) is 4.15. The van der Waals surface area contributed by atoms with Gasteiger partial charge in [0.05, 0.1) is 5.92 Å². The van der Waals surface area contributed by atoms with Crippen LogP contribution in [-0.2, 0) is 0 Å². The SMILES string of the molecule is FCC(F)(F)C(c1ccccc1)c1ccccc1. The molecule has 3 heteroatoms. The van der Waals surface area contributed by atoms with Gasteiger partial charge in [-0.25, -0.2) is 13.2 Å². The Hall–Kier alpha value is -1.77. The van der Waals surface area contributed by atoms with Crippen LogP contribution in [0.25, 0.3) is 0 Å². The van der Waals surface area contributed by atoms with Gasteiger partial charge in [-0.3, -0.25) is 0 Å². The van der Waals surface area contributed by atoms with Crippen LogP contribution in [0.2, 0.25) is 0 Å². The summed E-state index contributed by atoms with van der Waals surface area (Å²) >= 11 is 0. The molecule has 0 saturated heterocycles. The lowest BCUT2D eigenvalue weighted by Gasteiger charge is -2.25. The van der Waals surface area contributed by atoms with E-state index < -0.39 is 18.5 Å². The molecule has 0 atom stereocenters. The van der Waals surface area contributed by atoms with Gasteiger partial charge in [-0.15, -0.1) is 0 Å². The van der Waals surface area contributed by atoms with Crippen LogP contribution in [0.3, 0.4) is 0 Å². The normalized spacial score (nSPS) is 11.8. The zero-order valence-corrected chi connectivity index (χ0v) is 9.69. The summed E-state index contributed by atoms with van der Waals surface area (Å²) in [6.07, 6.45) is 0. The maximum atomic E-state index is 13.8. The summed E-state index contributed by atoms with van der Waals surface area (Å²) in [6, 6.07) is 16.6. The Kier molecular flexibility index (Phi) is 3.70. The van der Waals surface area contributed by atoms with Crippen molar-refractivity contribution in [2.45, 2.75) is 11.8 Å². The van der Waals surface area contributed by atoms with Crippen molar-refractivity contribution >= 4 is 0 Å².